The molecule has 0 saturated heterocycles. The highest BCUT2D eigenvalue weighted by atomic mass is 16.5. The molecule has 3 aromatic carbocycles. The van der Waals surface area contributed by atoms with Crippen LogP contribution in [0.15, 0.2) is 36.4 Å². The third-order valence-electron chi connectivity index (χ3n) is 13.5. The molecular weight excluding hydrogens is 849 g/mol. The van der Waals surface area contributed by atoms with E-state index in [0.717, 1.165) is 88.6 Å². The van der Waals surface area contributed by atoms with Crippen molar-refractivity contribution in [3.63, 3.8) is 0 Å². The van der Waals surface area contributed by atoms with E-state index in [9.17, 15) is 29.7 Å². The molecule has 5 N–H and O–H groups in total. The Morgan fingerprint density at radius 2 is 0.721 bits per heavy atom. The van der Waals surface area contributed by atoms with E-state index in [2.05, 4.69) is 134 Å². The molecule has 3 rings (SSSR count). The van der Waals surface area contributed by atoms with E-state index in [4.69, 9.17) is 4.74 Å². The number of carbonyl (C=O) groups excluding carboxylic acids is 3. The molecular formula is C59H92N2O7. The van der Waals surface area contributed by atoms with Gasteiger partial charge in [-0.1, -0.05) is 160 Å². The number of rotatable bonds is 22. The van der Waals surface area contributed by atoms with E-state index in [1.807, 2.05) is 31.2 Å². The maximum Gasteiger partial charge on any atom is 0.306 e. The molecule has 0 aliphatic heterocycles. The van der Waals surface area contributed by atoms with Gasteiger partial charge in [0.2, 0.25) is 11.8 Å². The number of aromatic hydroxyl groups is 3. The van der Waals surface area contributed by atoms with Gasteiger partial charge in [-0.15, -0.1) is 0 Å². The van der Waals surface area contributed by atoms with Gasteiger partial charge in [0.05, 0.1) is 6.61 Å². The monoisotopic (exact) mass is 941 g/mol. The summed E-state index contributed by atoms with van der Waals surface area (Å²) in [5.41, 5.74) is 6.39. The third-order valence-corrected chi connectivity index (χ3v) is 13.5. The summed E-state index contributed by atoms with van der Waals surface area (Å²) in [4.78, 5) is 38.1. The smallest absolute Gasteiger partial charge is 0.306 e. The van der Waals surface area contributed by atoms with Gasteiger partial charge in [0.15, 0.2) is 0 Å². The number of amides is 2. The van der Waals surface area contributed by atoms with Crippen LogP contribution >= 0.6 is 0 Å². The Morgan fingerprint density at radius 3 is 1.01 bits per heavy atom. The Hall–Kier alpha value is -4.53. The molecule has 0 heterocycles. The van der Waals surface area contributed by atoms with Crippen LogP contribution in [0.1, 0.15) is 226 Å². The summed E-state index contributed by atoms with van der Waals surface area (Å²) in [5, 5.41) is 40.8. The molecule has 0 unspecified atom stereocenters. The summed E-state index contributed by atoms with van der Waals surface area (Å²) in [5.74, 6) is 0.745. The zero-order valence-corrected chi connectivity index (χ0v) is 45.5. The predicted molar refractivity (Wildman–Crippen MR) is 280 cm³/mol. The number of hydrogen-bond acceptors (Lipinski definition) is 7. The van der Waals surface area contributed by atoms with Gasteiger partial charge in [0, 0.05) is 43.5 Å². The summed E-state index contributed by atoms with van der Waals surface area (Å²) >= 11 is 0. The van der Waals surface area contributed by atoms with Gasteiger partial charge < -0.3 is 30.7 Å². The van der Waals surface area contributed by atoms with Crippen LogP contribution < -0.4 is 10.6 Å². The van der Waals surface area contributed by atoms with E-state index in [-0.39, 0.29) is 45.9 Å². The first-order valence-corrected chi connectivity index (χ1v) is 25.5. The van der Waals surface area contributed by atoms with Gasteiger partial charge in [-0.25, -0.2) is 0 Å². The fraction of sp³-hybridized carbons (Fsp3) is 0.644. The Bertz CT molecular complexity index is 2150. The molecule has 9 nitrogen and oxygen atoms in total. The minimum absolute atomic E-state index is 0.00185. The first-order chi connectivity index (χ1) is 31.2. The van der Waals surface area contributed by atoms with Crippen LogP contribution in [0, 0.1) is 0 Å². The molecule has 68 heavy (non-hydrogen) atoms. The molecule has 380 valence electrons. The molecule has 0 bridgehead atoms. The largest absolute Gasteiger partial charge is 0.507 e. The second-order valence-electron chi connectivity index (χ2n) is 24.8. The van der Waals surface area contributed by atoms with Crippen LogP contribution in [0.5, 0.6) is 17.2 Å². The SMILES string of the molecule is CCOC(=O)CCc1cc(C(C)(C)C)c(O)c(C(C)(C)CCC(C)(C)c2cc(CCC(=O)NCCCCCCNC(=O)CCc3cc(C(C)(C)C)c(O)c(C(C)(C)C)c3)cc(C(C)(C)C)c2O)c1. The molecule has 0 aliphatic rings. The lowest BCUT2D eigenvalue weighted by Crippen LogP contribution is -2.27. The third kappa shape index (κ3) is 16.9. The highest BCUT2D eigenvalue weighted by Crippen LogP contribution is 2.47. The van der Waals surface area contributed by atoms with E-state index in [1.54, 1.807) is 0 Å². The van der Waals surface area contributed by atoms with Crippen molar-refractivity contribution in [3.05, 3.63) is 86.5 Å². The number of phenols is 3. The summed E-state index contributed by atoms with van der Waals surface area (Å²) in [6.07, 6.45) is 7.80. The average molecular weight is 941 g/mol. The minimum Gasteiger partial charge on any atom is -0.507 e. The Morgan fingerprint density at radius 1 is 0.441 bits per heavy atom. The Balaban J connectivity index is 1.56. The Kier molecular flexibility index (Phi) is 19.9. The van der Waals surface area contributed by atoms with Crippen molar-refractivity contribution in [2.75, 3.05) is 19.7 Å². The van der Waals surface area contributed by atoms with Crippen molar-refractivity contribution in [1.82, 2.24) is 10.6 Å². The summed E-state index contributed by atoms with van der Waals surface area (Å²) in [6.45, 7) is 37.1. The van der Waals surface area contributed by atoms with Crippen LogP contribution in [0.25, 0.3) is 0 Å². The van der Waals surface area contributed by atoms with Gasteiger partial charge >= 0.3 is 5.97 Å². The minimum atomic E-state index is -0.437. The molecule has 9 heteroatoms. The number of ether oxygens (including phenoxy) is 1. The normalized spacial score (nSPS) is 12.8. The van der Waals surface area contributed by atoms with Crippen LogP contribution in [0.2, 0.25) is 0 Å². The highest BCUT2D eigenvalue weighted by Gasteiger charge is 2.35. The van der Waals surface area contributed by atoms with Crippen molar-refractivity contribution < 1.29 is 34.4 Å². The molecule has 0 spiro atoms. The fourth-order valence-electron chi connectivity index (χ4n) is 8.96. The number of benzene rings is 3. The average Bonchev–Trinajstić information content (AvgIpc) is 3.21. The predicted octanol–water partition coefficient (Wildman–Crippen LogP) is 12.9. The number of carbonyl (C=O) groups is 3. The van der Waals surface area contributed by atoms with Crippen molar-refractivity contribution in [2.24, 2.45) is 0 Å². The zero-order chi connectivity index (χ0) is 51.6. The summed E-state index contributed by atoms with van der Waals surface area (Å²) < 4.78 is 5.20. The van der Waals surface area contributed by atoms with E-state index in [1.165, 1.54) is 0 Å². The standard InChI is InChI=1S/C59H92N2O7/c1-18-68-50(64)28-25-41-36-45(57(11,12)13)53(67)47(38-41)59(16,17)30-29-58(14,15)46-37-40(35-44(52(46)66)56(8,9)10)24-27-49(63)61-32-22-20-19-21-31-60-48(62)26-23-39-33-42(54(2,3)4)51(65)43(34-39)55(5,6)7/h33-38,65-67H,18-32H2,1-17H3,(H,60,62)(H,61,63). The lowest BCUT2D eigenvalue weighted by atomic mass is 9.69. The Labute approximate surface area is 412 Å². The molecule has 0 saturated carbocycles. The topological polar surface area (TPSA) is 145 Å². The molecule has 0 radical (unpaired) electrons. The second kappa shape index (κ2) is 23.4. The number of aryl methyl sites for hydroxylation is 3. The van der Waals surface area contributed by atoms with Crippen molar-refractivity contribution in [1.29, 1.82) is 0 Å². The molecule has 0 fully saturated rings. The van der Waals surface area contributed by atoms with Crippen molar-refractivity contribution in [2.45, 2.75) is 227 Å². The van der Waals surface area contributed by atoms with Crippen molar-refractivity contribution in [3.8, 4) is 17.2 Å². The zero-order valence-electron chi connectivity index (χ0n) is 45.5. The van der Waals surface area contributed by atoms with E-state index >= 15 is 0 Å². The van der Waals surface area contributed by atoms with E-state index < -0.39 is 10.8 Å². The van der Waals surface area contributed by atoms with Crippen LogP contribution in [-0.4, -0.2) is 52.8 Å². The number of esters is 1. The first kappa shape index (κ1) is 57.8. The quantitative estimate of drug-likeness (QED) is 0.0498. The first-order valence-electron chi connectivity index (χ1n) is 25.5. The second-order valence-corrected chi connectivity index (χ2v) is 24.8. The van der Waals surface area contributed by atoms with Crippen LogP contribution in [0.3, 0.4) is 0 Å². The molecule has 3 aromatic rings. The van der Waals surface area contributed by atoms with E-state index in [0.29, 0.717) is 69.0 Å². The molecule has 0 aliphatic carbocycles. The molecule has 0 atom stereocenters. The van der Waals surface area contributed by atoms with Gasteiger partial charge in [0.25, 0.3) is 0 Å². The maximum absolute atomic E-state index is 13.1. The lowest BCUT2D eigenvalue weighted by Gasteiger charge is -2.35. The van der Waals surface area contributed by atoms with Gasteiger partial charge in [0.1, 0.15) is 17.2 Å². The van der Waals surface area contributed by atoms with Crippen LogP contribution in [0.4, 0.5) is 0 Å². The van der Waals surface area contributed by atoms with Crippen LogP contribution in [-0.2, 0) is 70.9 Å². The summed E-state index contributed by atoms with van der Waals surface area (Å²) in [6, 6.07) is 12.3. The number of phenolic OH excluding ortho intramolecular Hbond substituents is 3. The van der Waals surface area contributed by atoms with Gasteiger partial charge in [-0.05, 0) is 123 Å². The fourth-order valence-corrected chi connectivity index (χ4v) is 8.96. The maximum atomic E-state index is 13.1. The number of unbranched alkanes of at least 4 members (excludes halogenated alkanes) is 3. The molecule has 2 amide bonds. The summed E-state index contributed by atoms with van der Waals surface area (Å²) in [7, 11) is 0. The molecule has 0 aromatic heterocycles. The highest BCUT2D eigenvalue weighted by molar-refractivity contribution is 5.76. The van der Waals surface area contributed by atoms with Gasteiger partial charge in [-0.3, -0.25) is 14.4 Å². The number of hydrogen-bond donors (Lipinski definition) is 5. The lowest BCUT2D eigenvalue weighted by molar-refractivity contribution is -0.143. The van der Waals surface area contributed by atoms with Gasteiger partial charge in [-0.2, -0.15) is 0 Å². The number of nitrogens with one attached hydrogen (secondary N) is 2. The van der Waals surface area contributed by atoms with Crippen molar-refractivity contribution >= 4 is 17.8 Å².